The van der Waals surface area contributed by atoms with Crippen molar-refractivity contribution >= 4 is 18.0 Å². The Hall–Kier alpha value is -2.61. The number of aliphatic hydroxyl groups is 1. The molecule has 1 N–H and O–H groups in total. The van der Waals surface area contributed by atoms with E-state index in [-0.39, 0.29) is 42.8 Å². The molecule has 1 aliphatic rings. The number of hydrogen-bond donors (Lipinski definition) is 1. The van der Waals surface area contributed by atoms with Gasteiger partial charge >= 0.3 is 18.0 Å². The van der Waals surface area contributed by atoms with E-state index < -0.39 is 23.8 Å². The Balaban J connectivity index is 3.03. The fraction of sp³-hybridized carbons (Fsp3) is 0.690. The van der Waals surface area contributed by atoms with Gasteiger partial charge in [-0.3, -0.25) is 9.59 Å². The van der Waals surface area contributed by atoms with Gasteiger partial charge in [-0.15, -0.1) is 0 Å². The molecule has 0 radical (unpaired) electrons. The van der Waals surface area contributed by atoms with Crippen LogP contribution in [0.2, 0.25) is 0 Å². The molecule has 1 amide bonds. The van der Waals surface area contributed by atoms with Crippen LogP contribution in [0.4, 0.5) is 4.79 Å². The summed E-state index contributed by atoms with van der Waals surface area (Å²) < 4.78 is 16.7. The molecule has 0 aliphatic carbocycles. The Morgan fingerprint density at radius 3 is 2.59 bits per heavy atom. The molecule has 210 valence electrons. The highest BCUT2D eigenvalue weighted by Gasteiger charge is 2.34. The second-order valence-corrected chi connectivity index (χ2v) is 10.7. The monoisotopic (exact) mass is 521 g/mol. The maximum Gasteiger partial charge on any atom is 0.409 e. The van der Waals surface area contributed by atoms with Crippen molar-refractivity contribution in [1.82, 2.24) is 4.90 Å². The number of hydrogen-bond acceptors (Lipinski definition) is 7. The summed E-state index contributed by atoms with van der Waals surface area (Å²) in [6.07, 6.45) is 9.60. The van der Waals surface area contributed by atoms with Crippen LogP contribution < -0.4 is 0 Å². The lowest BCUT2D eigenvalue weighted by Gasteiger charge is -2.32. The lowest BCUT2D eigenvalue weighted by atomic mass is 9.87. The Bertz CT molecular complexity index is 845. The summed E-state index contributed by atoms with van der Waals surface area (Å²) in [5.41, 5.74) is -0.415. The molecule has 8 nitrogen and oxygen atoms in total. The van der Waals surface area contributed by atoms with Crippen molar-refractivity contribution in [2.45, 2.75) is 92.0 Å². The summed E-state index contributed by atoms with van der Waals surface area (Å²) in [6, 6.07) is 0. The molecule has 0 aromatic rings. The number of nitrogens with zero attached hydrogens (tertiary/aromatic N) is 1. The predicted molar refractivity (Wildman–Crippen MR) is 144 cm³/mol. The maximum absolute atomic E-state index is 12.7. The first-order valence-corrected chi connectivity index (χ1v) is 13.3. The highest BCUT2D eigenvalue weighted by Crippen LogP contribution is 2.28. The summed E-state index contributed by atoms with van der Waals surface area (Å²) in [6.45, 7) is 13.6. The zero-order chi connectivity index (χ0) is 28.2. The summed E-state index contributed by atoms with van der Waals surface area (Å²) in [5.74, 6) is -0.983. The highest BCUT2D eigenvalue weighted by molar-refractivity contribution is 5.70. The van der Waals surface area contributed by atoms with Crippen LogP contribution in [-0.2, 0) is 23.8 Å². The second kappa shape index (κ2) is 15.6. The fourth-order valence-electron chi connectivity index (χ4n) is 4.09. The van der Waals surface area contributed by atoms with E-state index in [0.29, 0.717) is 19.4 Å². The summed E-state index contributed by atoms with van der Waals surface area (Å²) in [5, 5.41) is 11.0. The molecule has 1 heterocycles. The number of ether oxygens (including phenoxy) is 3. The third kappa shape index (κ3) is 12.0. The molecule has 0 aromatic carbocycles. The molecule has 0 aromatic heterocycles. The lowest BCUT2D eigenvalue weighted by Crippen LogP contribution is -2.41. The number of carbonyl (C=O) groups excluding carboxylic acids is 3. The van der Waals surface area contributed by atoms with E-state index in [9.17, 15) is 19.5 Å². The van der Waals surface area contributed by atoms with Gasteiger partial charge in [-0.25, -0.2) is 4.79 Å². The van der Waals surface area contributed by atoms with Crippen LogP contribution in [0.15, 0.2) is 36.0 Å². The largest absolute Gasteiger partial charge is 0.457 e. The molecule has 0 spiro atoms. The fourth-order valence-corrected chi connectivity index (χ4v) is 4.09. The van der Waals surface area contributed by atoms with Gasteiger partial charge in [0, 0.05) is 38.8 Å². The number of allylic oxidation sites excluding steroid dienone is 2. The van der Waals surface area contributed by atoms with E-state index in [0.717, 1.165) is 12.0 Å². The standard InChI is InChI=1S/C29H47NO7/c1-9-17-30(8)28(33)35-19-21(3)11-10-12-22(4)27-23(5)13-14-25(36-24(6)31)29(7,34)16-15-20(2)18-26(32)37-27/h10-14,20-21,23,25,27,34H,9,15-19H2,1-8H3/b11-10+,14-13+,22-12+/t20-,21-,23+,25+,27-,29-/m1/s1. The second-order valence-electron chi connectivity index (χ2n) is 10.7. The van der Waals surface area contributed by atoms with Crippen molar-refractivity contribution in [2.24, 2.45) is 17.8 Å². The minimum atomic E-state index is -1.26. The number of rotatable bonds is 8. The molecule has 0 saturated carbocycles. The van der Waals surface area contributed by atoms with Gasteiger partial charge in [-0.2, -0.15) is 0 Å². The van der Waals surface area contributed by atoms with Crippen LogP contribution in [0.3, 0.4) is 0 Å². The van der Waals surface area contributed by atoms with Crippen molar-refractivity contribution in [2.75, 3.05) is 20.2 Å². The van der Waals surface area contributed by atoms with Gasteiger partial charge in [0.25, 0.3) is 0 Å². The third-order valence-corrected chi connectivity index (χ3v) is 6.48. The van der Waals surface area contributed by atoms with Crippen molar-refractivity contribution in [3.8, 4) is 0 Å². The van der Waals surface area contributed by atoms with Crippen LogP contribution in [0.25, 0.3) is 0 Å². The molecule has 8 heteroatoms. The van der Waals surface area contributed by atoms with Gasteiger partial charge in [0.2, 0.25) is 0 Å². The van der Waals surface area contributed by atoms with E-state index in [1.165, 1.54) is 6.92 Å². The number of cyclic esters (lactones) is 1. The van der Waals surface area contributed by atoms with Gasteiger partial charge in [0.05, 0.1) is 6.61 Å². The first-order valence-electron chi connectivity index (χ1n) is 13.3. The molecular weight excluding hydrogens is 474 g/mol. The first-order chi connectivity index (χ1) is 17.3. The Morgan fingerprint density at radius 2 is 1.97 bits per heavy atom. The van der Waals surface area contributed by atoms with E-state index in [1.54, 1.807) is 24.9 Å². The number of amides is 1. The average Bonchev–Trinajstić information content (AvgIpc) is 2.81. The molecule has 1 rings (SSSR count). The van der Waals surface area contributed by atoms with Crippen molar-refractivity contribution < 1.29 is 33.7 Å². The average molecular weight is 522 g/mol. The number of carbonyl (C=O) groups is 3. The third-order valence-electron chi connectivity index (χ3n) is 6.48. The zero-order valence-electron chi connectivity index (χ0n) is 23.9. The van der Waals surface area contributed by atoms with E-state index in [4.69, 9.17) is 14.2 Å². The van der Waals surface area contributed by atoms with Gasteiger partial charge in [0.1, 0.15) is 17.8 Å². The SMILES string of the molecule is CCCN(C)C(=O)OC[C@H](C)/C=C/C=C(\C)[C@H]1OC(=O)C[C@H](C)CC[C@@](C)(O)[C@@H](OC(C)=O)/C=C/[C@@H]1C. The van der Waals surface area contributed by atoms with E-state index in [1.807, 2.05) is 58.9 Å². The topological polar surface area (TPSA) is 102 Å². The highest BCUT2D eigenvalue weighted by atomic mass is 16.6. The molecule has 37 heavy (non-hydrogen) atoms. The first kappa shape index (κ1) is 32.4. The van der Waals surface area contributed by atoms with Gasteiger partial charge in [-0.05, 0) is 50.7 Å². The Labute approximate surface area is 222 Å². The zero-order valence-corrected chi connectivity index (χ0v) is 23.9. The molecule has 0 saturated heterocycles. The molecular formula is C29H47NO7. The van der Waals surface area contributed by atoms with Gasteiger partial charge in [-0.1, -0.05) is 52.0 Å². The minimum absolute atomic E-state index is 0.000396. The van der Waals surface area contributed by atoms with E-state index in [2.05, 4.69) is 0 Å². The number of esters is 2. The normalized spacial score (nSPS) is 29.4. The minimum Gasteiger partial charge on any atom is -0.457 e. The van der Waals surface area contributed by atoms with Crippen LogP contribution in [0.1, 0.15) is 74.1 Å². The molecule has 0 bridgehead atoms. The smallest absolute Gasteiger partial charge is 0.409 e. The molecule has 6 atom stereocenters. The van der Waals surface area contributed by atoms with Crippen molar-refractivity contribution in [1.29, 1.82) is 0 Å². The summed E-state index contributed by atoms with van der Waals surface area (Å²) in [4.78, 5) is 37.9. The van der Waals surface area contributed by atoms with Gasteiger partial charge < -0.3 is 24.2 Å². The van der Waals surface area contributed by atoms with E-state index >= 15 is 0 Å². The summed E-state index contributed by atoms with van der Waals surface area (Å²) in [7, 11) is 1.72. The van der Waals surface area contributed by atoms with Crippen LogP contribution in [0.5, 0.6) is 0 Å². The molecule has 1 aliphatic heterocycles. The van der Waals surface area contributed by atoms with Crippen molar-refractivity contribution in [3.63, 3.8) is 0 Å². The quantitative estimate of drug-likeness (QED) is 0.202. The predicted octanol–water partition coefficient (Wildman–Crippen LogP) is 5.21. The Morgan fingerprint density at radius 1 is 1.30 bits per heavy atom. The molecule has 0 fully saturated rings. The lowest BCUT2D eigenvalue weighted by molar-refractivity contribution is -0.156. The van der Waals surface area contributed by atoms with Crippen molar-refractivity contribution in [3.05, 3.63) is 36.0 Å². The van der Waals surface area contributed by atoms with Gasteiger partial charge in [0.15, 0.2) is 0 Å². The van der Waals surface area contributed by atoms with Crippen LogP contribution in [-0.4, -0.2) is 66.0 Å². The maximum atomic E-state index is 12.7. The molecule has 0 unspecified atom stereocenters. The summed E-state index contributed by atoms with van der Waals surface area (Å²) >= 11 is 0. The van der Waals surface area contributed by atoms with Crippen LogP contribution in [0, 0.1) is 17.8 Å². The Kier molecular flexibility index (Phi) is 13.7. The van der Waals surface area contributed by atoms with Crippen LogP contribution >= 0.6 is 0 Å².